The maximum absolute atomic E-state index is 4.38. The molecule has 1 fully saturated rings. The first kappa shape index (κ1) is 23.0. The molecule has 1 aliphatic heterocycles. The van der Waals surface area contributed by atoms with Crippen molar-refractivity contribution < 1.29 is 0 Å². The third-order valence-electron chi connectivity index (χ3n) is 4.54. The van der Waals surface area contributed by atoms with Gasteiger partial charge in [-0.05, 0) is 57.0 Å². The Morgan fingerprint density at radius 1 is 1.35 bits per heavy atom. The molecule has 0 spiro atoms. The van der Waals surface area contributed by atoms with Crippen LogP contribution in [0.25, 0.3) is 0 Å². The zero-order valence-corrected chi connectivity index (χ0v) is 18.4. The van der Waals surface area contributed by atoms with Crippen LogP contribution in [0.1, 0.15) is 60.3 Å². The molecule has 0 aromatic rings. The highest BCUT2D eigenvalue weighted by Gasteiger charge is 2.19. The SMILES string of the molecule is CCN1CCCC(CNC(=NC)NC(C)CCC(C)(C)C)C1.I. The fraction of sp³-hybridized carbons (Fsp3) is 0.944. The molecule has 0 aromatic carbocycles. The molecule has 1 heterocycles. The molecule has 138 valence electrons. The summed E-state index contributed by atoms with van der Waals surface area (Å²) in [6, 6.07) is 0.462. The summed E-state index contributed by atoms with van der Waals surface area (Å²) in [5.74, 6) is 1.70. The van der Waals surface area contributed by atoms with Crippen LogP contribution in [0.4, 0.5) is 0 Å². The molecule has 1 saturated heterocycles. The van der Waals surface area contributed by atoms with Crippen molar-refractivity contribution in [2.75, 3.05) is 33.2 Å². The van der Waals surface area contributed by atoms with Crippen molar-refractivity contribution in [2.24, 2.45) is 16.3 Å². The standard InChI is InChI=1S/C18H38N4.HI/c1-7-22-12-8-9-16(14-22)13-20-17(19-6)21-15(2)10-11-18(3,4)5;/h15-16H,7-14H2,1-6H3,(H2,19,20,21);1H. The number of piperidine rings is 1. The third kappa shape index (κ3) is 10.4. The van der Waals surface area contributed by atoms with Crippen molar-refractivity contribution >= 4 is 29.9 Å². The normalized spacial score (nSPS) is 21.5. The monoisotopic (exact) mass is 438 g/mol. The Bertz CT molecular complexity index is 338. The molecule has 0 radical (unpaired) electrons. The Kier molecular flexibility index (Phi) is 11.5. The van der Waals surface area contributed by atoms with Crippen LogP contribution in [0.3, 0.4) is 0 Å². The minimum atomic E-state index is 0. The number of nitrogens with one attached hydrogen (secondary N) is 2. The number of hydrogen-bond acceptors (Lipinski definition) is 2. The van der Waals surface area contributed by atoms with Crippen molar-refractivity contribution in [3.63, 3.8) is 0 Å². The Hall–Kier alpha value is -0.0400. The quantitative estimate of drug-likeness (QED) is 0.377. The summed E-state index contributed by atoms with van der Waals surface area (Å²) < 4.78 is 0. The van der Waals surface area contributed by atoms with Gasteiger partial charge in [0.15, 0.2) is 5.96 Å². The Labute approximate surface area is 161 Å². The van der Waals surface area contributed by atoms with Crippen LogP contribution in [0, 0.1) is 11.3 Å². The lowest BCUT2D eigenvalue weighted by Gasteiger charge is -2.32. The number of halogens is 1. The molecule has 0 saturated carbocycles. The molecule has 1 aliphatic rings. The fourth-order valence-corrected chi connectivity index (χ4v) is 3.00. The van der Waals surface area contributed by atoms with E-state index < -0.39 is 0 Å². The maximum atomic E-state index is 4.38. The highest BCUT2D eigenvalue weighted by atomic mass is 127. The second-order valence-corrected chi connectivity index (χ2v) is 8.00. The van der Waals surface area contributed by atoms with Gasteiger partial charge >= 0.3 is 0 Å². The zero-order valence-electron chi connectivity index (χ0n) is 16.1. The van der Waals surface area contributed by atoms with E-state index in [-0.39, 0.29) is 24.0 Å². The van der Waals surface area contributed by atoms with Crippen LogP contribution in [0.5, 0.6) is 0 Å². The molecule has 4 nitrogen and oxygen atoms in total. The van der Waals surface area contributed by atoms with Gasteiger partial charge in [-0.25, -0.2) is 0 Å². The van der Waals surface area contributed by atoms with Gasteiger partial charge in [0.05, 0.1) is 0 Å². The van der Waals surface area contributed by atoms with Crippen molar-refractivity contribution in [3.8, 4) is 0 Å². The second-order valence-electron chi connectivity index (χ2n) is 8.00. The van der Waals surface area contributed by atoms with Crippen molar-refractivity contribution in [1.29, 1.82) is 0 Å². The number of aliphatic imine (C=N–C) groups is 1. The van der Waals surface area contributed by atoms with E-state index in [0.717, 1.165) is 18.4 Å². The summed E-state index contributed by atoms with van der Waals surface area (Å²) in [6.07, 6.45) is 5.07. The number of rotatable bonds is 6. The highest BCUT2D eigenvalue weighted by molar-refractivity contribution is 14.0. The van der Waals surface area contributed by atoms with Crippen LogP contribution in [0.15, 0.2) is 4.99 Å². The van der Waals surface area contributed by atoms with Crippen LogP contribution in [-0.4, -0.2) is 50.1 Å². The molecular weight excluding hydrogens is 399 g/mol. The van der Waals surface area contributed by atoms with E-state index in [0.29, 0.717) is 11.5 Å². The van der Waals surface area contributed by atoms with Gasteiger partial charge in [0.1, 0.15) is 0 Å². The van der Waals surface area contributed by atoms with E-state index in [1.807, 2.05) is 7.05 Å². The first-order valence-corrected chi connectivity index (χ1v) is 9.03. The Morgan fingerprint density at radius 3 is 2.61 bits per heavy atom. The van der Waals surface area contributed by atoms with Gasteiger partial charge in [0.2, 0.25) is 0 Å². The molecule has 5 heteroatoms. The van der Waals surface area contributed by atoms with E-state index in [4.69, 9.17) is 0 Å². The van der Waals surface area contributed by atoms with E-state index in [1.165, 1.54) is 45.3 Å². The predicted molar refractivity (Wildman–Crippen MR) is 113 cm³/mol. The van der Waals surface area contributed by atoms with E-state index in [2.05, 4.69) is 55.1 Å². The lowest BCUT2D eigenvalue weighted by atomic mass is 9.89. The van der Waals surface area contributed by atoms with Gasteiger partial charge in [0.25, 0.3) is 0 Å². The topological polar surface area (TPSA) is 39.7 Å². The minimum absolute atomic E-state index is 0. The summed E-state index contributed by atoms with van der Waals surface area (Å²) >= 11 is 0. The van der Waals surface area contributed by atoms with Gasteiger partial charge in [-0.2, -0.15) is 0 Å². The lowest BCUT2D eigenvalue weighted by molar-refractivity contribution is 0.183. The molecular formula is C18H39IN4. The first-order chi connectivity index (χ1) is 10.3. The third-order valence-corrected chi connectivity index (χ3v) is 4.54. The van der Waals surface area contributed by atoms with Crippen LogP contribution >= 0.6 is 24.0 Å². The van der Waals surface area contributed by atoms with Crippen molar-refractivity contribution in [2.45, 2.75) is 66.3 Å². The average molecular weight is 438 g/mol. The maximum Gasteiger partial charge on any atom is 0.191 e. The van der Waals surface area contributed by atoms with Crippen LogP contribution in [-0.2, 0) is 0 Å². The van der Waals surface area contributed by atoms with Gasteiger partial charge < -0.3 is 15.5 Å². The van der Waals surface area contributed by atoms with Crippen molar-refractivity contribution in [1.82, 2.24) is 15.5 Å². The smallest absolute Gasteiger partial charge is 0.191 e. The Balaban J connectivity index is 0.00000484. The second kappa shape index (κ2) is 11.5. The van der Waals surface area contributed by atoms with E-state index in [9.17, 15) is 0 Å². The zero-order chi connectivity index (χ0) is 16.6. The van der Waals surface area contributed by atoms with Crippen LogP contribution in [0.2, 0.25) is 0 Å². The molecule has 2 atom stereocenters. The summed E-state index contributed by atoms with van der Waals surface area (Å²) in [4.78, 5) is 6.93. The van der Waals surface area contributed by atoms with Crippen molar-refractivity contribution in [3.05, 3.63) is 0 Å². The molecule has 0 aliphatic carbocycles. The largest absolute Gasteiger partial charge is 0.356 e. The lowest BCUT2D eigenvalue weighted by Crippen LogP contribution is -2.46. The number of hydrogen-bond donors (Lipinski definition) is 2. The summed E-state index contributed by atoms with van der Waals surface area (Å²) in [7, 11) is 1.87. The Morgan fingerprint density at radius 2 is 2.04 bits per heavy atom. The number of likely N-dealkylation sites (tertiary alicyclic amines) is 1. The van der Waals surface area contributed by atoms with Gasteiger partial charge in [-0.3, -0.25) is 4.99 Å². The summed E-state index contributed by atoms with van der Waals surface area (Å²) in [6.45, 7) is 16.1. The average Bonchev–Trinajstić information content (AvgIpc) is 2.48. The van der Waals surface area contributed by atoms with E-state index >= 15 is 0 Å². The van der Waals surface area contributed by atoms with Crippen LogP contribution < -0.4 is 10.6 Å². The summed E-state index contributed by atoms with van der Waals surface area (Å²) in [5, 5.41) is 7.05. The first-order valence-electron chi connectivity index (χ1n) is 9.03. The van der Waals surface area contributed by atoms with E-state index in [1.54, 1.807) is 0 Å². The number of guanidine groups is 1. The molecule has 0 bridgehead atoms. The minimum Gasteiger partial charge on any atom is -0.356 e. The molecule has 2 N–H and O–H groups in total. The van der Waals surface area contributed by atoms with Gasteiger partial charge in [-0.1, -0.05) is 27.7 Å². The summed E-state index contributed by atoms with van der Waals surface area (Å²) in [5.41, 5.74) is 0.401. The predicted octanol–water partition coefficient (Wildman–Crippen LogP) is 3.72. The fourth-order valence-electron chi connectivity index (χ4n) is 3.00. The number of nitrogens with zero attached hydrogens (tertiary/aromatic N) is 2. The highest BCUT2D eigenvalue weighted by Crippen LogP contribution is 2.21. The van der Waals surface area contributed by atoms with Gasteiger partial charge in [-0.15, -0.1) is 24.0 Å². The van der Waals surface area contributed by atoms with Gasteiger partial charge in [0, 0.05) is 26.2 Å². The molecule has 23 heavy (non-hydrogen) atoms. The molecule has 0 aromatic heterocycles. The molecule has 1 rings (SSSR count). The molecule has 0 amide bonds. The molecule has 2 unspecified atom stereocenters.